The molecule has 7 heteroatoms. The van der Waals surface area contributed by atoms with Crippen molar-refractivity contribution in [3.8, 4) is 0 Å². The molecule has 1 saturated heterocycles. The van der Waals surface area contributed by atoms with Crippen LogP contribution in [0.2, 0.25) is 0 Å². The van der Waals surface area contributed by atoms with E-state index >= 15 is 0 Å². The fraction of sp³-hybridized carbons (Fsp3) is 0.417. The average molecular weight is 260 g/mol. The van der Waals surface area contributed by atoms with Gasteiger partial charge in [0, 0.05) is 31.0 Å². The average Bonchev–Trinajstić information content (AvgIpc) is 2.85. The molecular weight excluding hydrogens is 244 g/mol. The molecule has 0 aliphatic carbocycles. The molecule has 0 amide bonds. The first-order valence-electron chi connectivity index (χ1n) is 6.26. The van der Waals surface area contributed by atoms with Crippen LogP contribution in [0.4, 0.5) is 17.6 Å². The first kappa shape index (κ1) is 11.9. The number of hydrogen-bond acceptors (Lipinski definition) is 6. The van der Waals surface area contributed by atoms with Crippen molar-refractivity contribution in [3.63, 3.8) is 0 Å². The second kappa shape index (κ2) is 5.23. The topological polar surface area (TPSA) is 79.0 Å². The molecule has 0 aromatic carbocycles. The van der Waals surface area contributed by atoms with Crippen molar-refractivity contribution in [2.24, 2.45) is 0 Å². The number of nitrogens with one attached hydrogen (secondary N) is 2. The Labute approximate surface area is 111 Å². The molecule has 2 aromatic heterocycles. The summed E-state index contributed by atoms with van der Waals surface area (Å²) in [5, 5.41) is 10.1. The summed E-state index contributed by atoms with van der Waals surface area (Å²) >= 11 is 0. The summed E-state index contributed by atoms with van der Waals surface area (Å²) in [6, 6.07) is 3.82. The van der Waals surface area contributed by atoms with E-state index in [1.807, 2.05) is 19.1 Å². The van der Waals surface area contributed by atoms with Crippen LogP contribution in [-0.2, 0) is 4.74 Å². The van der Waals surface area contributed by atoms with Crippen LogP contribution in [0.5, 0.6) is 0 Å². The Kier molecular flexibility index (Phi) is 3.28. The molecule has 0 atom stereocenters. The summed E-state index contributed by atoms with van der Waals surface area (Å²) in [4.78, 5) is 10.9. The van der Waals surface area contributed by atoms with Gasteiger partial charge in [0.05, 0.1) is 13.2 Å². The number of aryl methyl sites for hydroxylation is 1. The van der Waals surface area contributed by atoms with Gasteiger partial charge in [-0.2, -0.15) is 10.1 Å². The number of aromatic amines is 1. The Morgan fingerprint density at radius 3 is 2.95 bits per heavy atom. The molecule has 100 valence electrons. The third-order valence-electron chi connectivity index (χ3n) is 2.92. The molecule has 2 N–H and O–H groups in total. The highest BCUT2D eigenvalue weighted by Gasteiger charge is 2.13. The SMILES string of the molecule is Cc1cc(Nc2nccc(N3CCOCC3)n2)n[nH]1. The molecule has 3 rings (SSSR count). The molecule has 0 radical (unpaired) electrons. The van der Waals surface area contributed by atoms with Crippen molar-refractivity contribution in [3.05, 3.63) is 24.0 Å². The van der Waals surface area contributed by atoms with Crippen LogP contribution in [0.3, 0.4) is 0 Å². The van der Waals surface area contributed by atoms with E-state index in [1.54, 1.807) is 6.20 Å². The van der Waals surface area contributed by atoms with Crippen molar-refractivity contribution in [1.82, 2.24) is 20.2 Å². The molecule has 7 nitrogen and oxygen atoms in total. The largest absolute Gasteiger partial charge is 0.378 e. The highest BCUT2D eigenvalue weighted by Crippen LogP contribution is 2.16. The predicted octanol–water partition coefficient (Wildman–Crippen LogP) is 1.09. The quantitative estimate of drug-likeness (QED) is 0.860. The minimum absolute atomic E-state index is 0.551. The van der Waals surface area contributed by atoms with E-state index in [1.165, 1.54) is 0 Å². The number of hydrogen-bond donors (Lipinski definition) is 2. The van der Waals surface area contributed by atoms with E-state index in [-0.39, 0.29) is 0 Å². The van der Waals surface area contributed by atoms with Gasteiger partial charge in [0.25, 0.3) is 0 Å². The summed E-state index contributed by atoms with van der Waals surface area (Å²) in [7, 11) is 0. The Morgan fingerprint density at radius 2 is 2.21 bits per heavy atom. The number of rotatable bonds is 3. The number of nitrogens with zero attached hydrogens (tertiary/aromatic N) is 4. The van der Waals surface area contributed by atoms with Gasteiger partial charge in [0.15, 0.2) is 5.82 Å². The highest BCUT2D eigenvalue weighted by atomic mass is 16.5. The van der Waals surface area contributed by atoms with Gasteiger partial charge in [-0.1, -0.05) is 0 Å². The van der Waals surface area contributed by atoms with Gasteiger partial charge in [0.1, 0.15) is 5.82 Å². The first-order chi connectivity index (χ1) is 9.31. The van der Waals surface area contributed by atoms with E-state index in [9.17, 15) is 0 Å². The van der Waals surface area contributed by atoms with Gasteiger partial charge >= 0.3 is 0 Å². The zero-order chi connectivity index (χ0) is 13.1. The lowest BCUT2D eigenvalue weighted by Gasteiger charge is -2.27. The van der Waals surface area contributed by atoms with Crippen LogP contribution in [0, 0.1) is 6.92 Å². The highest BCUT2D eigenvalue weighted by molar-refractivity contribution is 5.51. The number of ether oxygens (including phenoxy) is 1. The van der Waals surface area contributed by atoms with Crippen molar-refractivity contribution in [2.75, 3.05) is 36.5 Å². The summed E-state index contributed by atoms with van der Waals surface area (Å²) in [6.45, 7) is 5.15. The number of anilines is 3. The van der Waals surface area contributed by atoms with Crippen LogP contribution < -0.4 is 10.2 Å². The Morgan fingerprint density at radius 1 is 1.37 bits per heavy atom. The predicted molar refractivity (Wildman–Crippen MR) is 71.7 cm³/mol. The molecular formula is C12H16N6O. The van der Waals surface area contributed by atoms with Crippen LogP contribution in [0.25, 0.3) is 0 Å². The second-order valence-electron chi connectivity index (χ2n) is 4.40. The summed E-state index contributed by atoms with van der Waals surface area (Å²) in [6.07, 6.45) is 1.75. The maximum atomic E-state index is 5.34. The van der Waals surface area contributed by atoms with E-state index in [0.29, 0.717) is 5.95 Å². The van der Waals surface area contributed by atoms with Crippen molar-refractivity contribution in [1.29, 1.82) is 0 Å². The molecule has 0 unspecified atom stereocenters. The number of H-pyrrole nitrogens is 1. The molecule has 0 saturated carbocycles. The Bertz CT molecular complexity index is 549. The molecule has 2 aromatic rings. The Balaban J connectivity index is 1.75. The van der Waals surface area contributed by atoms with Crippen molar-refractivity contribution < 1.29 is 4.74 Å². The lowest BCUT2D eigenvalue weighted by atomic mass is 10.4. The van der Waals surface area contributed by atoms with Gasteiger partial charge in [0.2, 0.25) is 5.95 Å². The molecule has 1 aliphatic heterocycles. The van der Waals surface area contributed by atoms with E-state index in [0.717, 1.165) is 43.6 Å². The van der Waals surface area contributed by atoms with Gasteiger partial charge in [-0.3, -0.25) is 5.10 Å². The molecule has 1 fully saturated rings. The zero-order valence-electron chi connectivity index (χ0n) is 10.8. The first-order valence-corrected chi connectivity index (χ1v) is 6.26. The van der Waals surface area contributed by atoms with Crippen LogP contribution >= 0.6 is 0 Å². The van der Waals surface area contributed by atoms with Crippen molar-refractivity contribution >= 4 is 17.6 Å². The maximum absolute atomic E-state index is 5.34. The third-order valence-corrected chi connectivity index (χ3v) is 2.92. The lowest BCUT2D eigenvalue weighted by molar-refractivity contribution is 0.122. The fourth-order valence-corrected chi connectivity index (χ4v) is 1.97. The zero-order valence-corrected chi connectivity index (χ0v) is 10.8. The lowest BCUT2D eigenvalue weighted by Crippen LogP contribution is -2.36. The van der Waals surface area contributed by atoms with Gasteiger partial charge in [-0.05, 0) is 13.0 Å². The molecule has 0 bridgehead atoms. The fourth-order valence-electron chi connectivity index (χ4n) is 1.97. The van der Waals surface area contributed by atoms with E-state index < -0.39 is 0 Å². The summed E-state index contributed by atoms with van der Waals surface area (Å²) in [5.41, 5.74) is 0.992. The second-order valence-corrected chi connectivity index (χ2v) is 4.40. The van der Waals surface area contributed by atoms with Gasteiger partial charge in [-0.25, -0.2) is 4.98 Å². The van der Waals surface area contributed by atoms with E-state index in [2.05, 4.69) is 30.4 Å². The molecule has 1 aliphatic rings. The minimum atomic E-state index is 0.551. The standard InChI is InChI=1S/C12H16N6O/c1-9-8-10(17-16-9)14-12-13-3-2-11(15-12)18-4-6-19-7-5-18/h2-3,8H,4-7H2,1H3,(H2,13,14,15,16,17). The van der Waals surface area contributed by atoms with Crippen LogP contribution in [0.1, 0.15) is 5.69 Å². The smallest absolute Gasteiger partial charge is 0.230 e. The minimum Gasteiger partial charge on any atom is -0.378 e. The van der Waals surface area contributed by atoms with E-state index in [4.69, 9.17) is 4.74 Å². The van der Waals surface area contributed by atoms with Gasteiger partial charge < -0.3 is 15.0 Å². The molecule has 19 heavy (non-hydrogen) atoms. The number of aromatic nitrogens is 4. The maximum Gasteiger partial charge on any atom is 0.230 e. The van der Waals surface area contributed by atoms with Gasteiger partial charge in [-0.15, -0.1) is 0 Å². The summed E-state index contributed by atoms with van der Waals surface area (Å²) in [5.74, 6) is 2.18. The normalized spacial score (nSPS) is 15.5. The summed E-state index contributed by atoms with van der Waals surface area (Å²) < 4.78 is 5.34. The van der Waals surface area contributed by atoms with Crippen molar-refractivity contribution in [2.45, 2.75) is 6.92 Å². The monoisotopic (exact) mass is 260 g/mol. The van der Waals surface area contributed by atoms with Crippen LogP contribution in [-0.4, -0.2) is 46.5 Å². The molecule has 3 heterocycles. The third kappa shape index (κ3) is 2.82. The Hall–Kier alpha value is -2.15. The van der Waals surface area contributed by atoms with Crippen LogP contribution in [0.15, 0.2) is 18.3 Å². The molecule has 0 spiro atoms. The number of morpholine rings is 1.